The Labute approximate surface area is 123 Å². The summed E-state index contributed by atoms with van der Waals surface area (Å²) in [6.45, 7) is 3.98. The van der Waals surface area contributed by atoms with Gasteiger partial charge in [0.15, 0.2) is 0 Å². The lowest BCUT2D eigenvalue weighted by Crippen LogP contribution is -2.40. The van der Waals surface area contributed by atoms with E-state index in [0.29, 0.717) is 5.69 Å². The zero-order chi connectivity index (χ0) is 15.1. The first kappa shape index (κ1) is 14.1. The molecule has 5 heteroatoms. The van der Waals surface area contributed by atoms with Crippen LogP contribution < -0.4 is 5.32 Å². The van der Waals surface area contributed by atoms with Crippen molar-refractivity contribution in [3.63, 3.8) is 0 Å². The number of benzene rings is 1. The van der Waals surface area contributed by atoms with Crippen molar-refractivity contribution in [2.24, 2.45) is 11.8 Å². The number of fused-ring (bicyclic) bond motifs is 2. The summed E-state index contributed by atoms with van der Waals surface area (Å²) in [5, 5.41) is 12.2. The standard InChI is InChI=1S/C16H19NO4/c1-8-3-4-10(7-9(8)2)17-15(18)13-11-5-6-12(21-11)14(13)16(19)20/h3-4,7,11-14H,5-6H2,1-2H3,(H,17,18)(H,19,20)/t11-,12-,13-,14-/m1/s1. The molecule has 2 saturated heterocycles. The number of hydrogen-bond acceptors (Lipinski definition) is 3. The molecule has 0 radical (unpaired) electrons. The monoisotopic (exact) mass is 289 g/mol. The van der Waals surface area contributed by atoms with Gasteiger partial charge < -0.3 is 15.2 Å². The highest BCUT2D eigenvalue weighted by Gasteiger charge is 2.55. The normalized spacial score (nSPS) is 30.4. The van der Waals surface area contributed by atoms with Crippen molar-refractivity contribution >= 4 is 17.6 Å². The van der Waals surface area contributed by atoms with E-state index >= 15 is 0 Å². The van der Waals surface area contributed by atoms with Gasteiger partial charge in [0.05, 0.1) is 24.0 Å². The first-order valence-electron chi connectivity index (χ1n) is 7.24. The lowest BCUT2D eigenvalue weighted by molar-refractivity contribution is -0.147. The van der Waals surface area contributed by atoms with Crippen molar-refractivity contribution in [3.8, 4) is 0 Å². The van der Waals surface area contributed by atoms with Crippen molar-refractivity contribution in [3.05, 3.63) is 29.3 Å². The fourth-order valence-corrected chi connectivity index (χ4v) is 3.37. The number of hydrogen-bond donors (Lipinski definition) is 2. The molecule has 4 atom stereocenters. The van der Waals surface area contributed by atoms with E-state index in [4.69, 9.17) is 4.74 Å². The number of aliphatic carboxylic acids is 1. The Balaban J connectivity index is 1.78. The maximum Gasteiger partial charge on any atom is 0.310 e. The van der Waals surface area contributed by atoms with E-state index in [9.17, 15) is 14.7 Å². The quantitative estimate of drug-likeness (QED) is 0.893. The van der Waals surface area contributed by atoms with Gasteiger partial charge in [-0.25, -0.2) is 0 Å². The first-order chi connectivity index (χ1) is 9.97. The van der Waals surface area contributed by atoms with Gasteiger partial charge in [-0.05, 0) is 49.9 Å². The Morgan fingerprint density at radius 2 is 1.81 bits per heavy atom. The molecular formula is C16H19NO4. The van der Waals surface area contributed by atoms with Gasteiger partial charge in [0.2, 0.25) is 5.91 Å². The van der Waals surface area contributed by atoms with E-state index in [2.05, 4.69) is 5.32 Å². The number of ether oxygens (including phenoxy) is 1. The van der Waals surface area contributed by atoms with E-state index < -0.39 is 17.8 Å². The maximum atomic E-state index is 12.5. The molecule has 0 unspecified atom stereocenters. The van der Waals surface area contributed by atoms with Crippen LogP contribution in [0.3, 0.4) is 0 Å². The number of carboxylic acids is 1. The van der Waals surface area contributed by atoms with Crippen LogP contribution in [0.15, 0.2) is 18.2 Å². The highest BCUT2D eigenvalue weighted by molar-refractivity contribution is 5.96. The minimum Gasteiger partial charge on any atom is -0.481 e. The average molecular weight is 289 g/mol. The minimum atomic E-state index is -0.942. The smallest absolute Gasteiger partial charge is 0.310 e. The van der Waals surface area contributed by atoms with E-state index in [-0.39, 0.29) is 18.1 Å². The van der Waals surface area contributed by atoms with Crippen LogP contribution in [-0.4, -0.2) is 29.2 Å². The van der Waals surface area contributed by atoms with Crippen molar-refractivity contribution in [1.82, 2.24) is 0 Å². The van der Waals surface area contributed by atoms with Crippen LogP contribution in [0.4, 0.5) is 5.69 Å². The lowest BCUT2D eigenvalue weighted by Gasteiger charge is -2.24. The maximum absolute atomic E-state index is 12.5. The summed E-state index contributed by atoms with van der Waals surface area (Å²) in [6, 6.07) is 5.68. The number of carbonyl (C=O) groups excluding carboxylic acids is 1. The topological polar surface area (TPSA) is 75.6 Å². The van der Waals surface area contributed by atoms with Crippen molar-refractivity contribution in [2.45, 2.75) is 38.9 Å². The van der Waals surface area contributed by atoms with Gasteiger partial charge in [0.25, 0.3) is 0 Å². The molecule has 1 amide bonds. The molecule has 0 aromatic heterocycles. The third-order valence-corrected chi connectivity index (χ3v) is 4.64. The van der Waals surface area contributed by atoms with Gasteiger partial charge >= 0.3 is 5.97 Å². The molecule has 2 aliphatic heterocycles. The molecule has 21 heavy (non-hydrogen) atoms. The van der Waals surface area contributed by atoms with Gasteiger partial charge in [-0.3, -0.25) is 9.59 Å². The highest BCUT2D eigenvalue weighted by Crippen LogP contribution is 2.44. The van der Waals surface area contributed by atoms with E-state index in [1.165, 1.54) is 0 Å². The third-order valence-electron chi connectivity index (χ3n) is 4.64. The summed E-state index contributed by atoms with van der Waals surface area (Å²) in [4.78, 5) is 23.9. The predicted molar refractivity (Wildman–Crippen MR) is 77.1 cm³/mol. The summed E-state index contributed by atoms with van der Waals surface area (Å²) in [7, 11) is 0. The van der Waals surface area contributed by atoms with E-state index in [1.54, 1.807) is 0 Å². The summed E-state index contributed by atoms with van der Waals surface area (Å²) < 4.78 is 5.62. The van der Waals surface area contributed by atoms with Gasteiger partial charge in [-0.15, -0.1) is 0 Å². The number of aryl methyl sites for hydroxylation is 2. The molecule has 112 valence electrons. The Bertz CT molecular complexity index is 598. The van der Waals surface area contributed by atoms with Gasteiger partial charge in [-0.2, -0.15) is 0 Å². The molecule has 2 aliphatic rings. The molecule has 3 rings (SSSR count). The van der Waals surface area contributed by atoms with Crippen LogP contribution in [0.1, 0.15) is 24.0 Å². The molecule has 2 heterocycles. The summed E-state index contributed by atoms with van der Waals surface area (Å²) in [5.74, 6) is -2.52. The van der Waals surface area contributed by atoms with Gasteiger partial charge in [0, 0.05) is 5.69 Å². The average Bonchev–Trinajstić information content (AvgIpc) is 3.03. The second kappa shape index (κ2) is 5.15. The molecule has 2 N–H and O–H groups in total. The summed E-state index contributed by atoms with van der Waals surface area (Å²) in [6.07, 6.45) is 0.916. The molecule has 1 aromatic rings. The van der Waals surface area contributed by atoms with Crippen LogP contribution in [0.2, 0.25) is 0 Å². The van der Waals surface area contributed by atoms with E-state index in [1.807, 2.05) is 32.0 Å². The van der Waals surface area contributed by atoms with Gasteiger partial charge in [0.1, 0.15) is 0 Å². The Kier molecular flexibility index (Phi) is 3.45. The largest absolute Gasteiger partial charge is 0.481 e. The molecule has 2 bridgehead atoms. The van der Waals surface area contributed by atoms with Crippen LogP contribution >= 0.6 is 0 Å². The predicted octanol–water partition coefficient (Wildman–Crippen LogP) is 2.12. The Morgan fingerprint density at radius 3 is 2.43 bits per heavy atom. The first-order valence-corrected chi connectivity index (χ1v) is 7.24. The molecular weight excluding hydrogens is 270 g/mol. The molecule has 1 aromatic carbocycles. The molecule has 5 nitrogen and oxygen atoms in total. The fourth-order valence-electron chi connectivity index (χ4n) is 3.37. The second-order valence-corrected chi connectivity index (χ2v) is 5.97. The number of amides is 1. The zero-order valence-corrected chi connectivity index (χ0v) is 12.1. The summed E-state index contributed by atoms with van der Waals surface area (Å²) >= 11 is 0. The Morgan fingerprint density at radius 1 is 1.14 bits per heavy atom. The molecule has 0 spiro atoms. The highest BCUT2D eigenvalue weighted by atomic mass is 16.5. The minimum absolute atomic E-state index is 0.252. The fraction of sp³-hybridized carbons (Fsp3) is 0.500. The van der Waals surface area contributed by atoms with Crippen LogP contribution in [0.5, 0.6) is 0 Å². The van der Waals surface area contributed by atoms with Gasteiger partial charge in [-0.1, -0.05) is 6.07 Å². The molecule has 0 aliphatic carbocycles. The van der Waals surface area contributed by atoms with Crippen molar-refractivity contribution < 1.29 is 19.4 Å². The van der Waals surface area contributed by atoms with E-state index in [0.717, 1.165) is 24.0 Å². The zero-order valence-electron chi connectivity index (χ0n) is 12.1. The lowest BCUT2D eigenvalue weighted by atomic mass is 9.78. The number of carbonyl (C=O) groups is 2. The number of nitrogens with one attached hydrogen (secondary N) is 1. The third kappa shape index (κ3) is 2.42. The van der Waals surface area contributed by atoms with Crippen molar-refractivity contribution in [2.75, 3.05) is 5.32 Å². The number of rotatable bonds is 3. The number of carboxylic acid groups (broad SMARTS) is 1. The van der Waals surface area contributed by atoms with Crippen LogP contribution in [0.25, 0.3) is 0 Å². The number of anilines is 1. The SMILES string of the molecule is Cc1ccc(NC(=O)[C@H]2[C@H](C(=O)O)[C@H]3CC[C@H]2O3)cc1C. The van der Waals surface area contributed by atoms with Crippen LogP contribution in [0, 0.1) is 25.7 Å². The second-order valence-electron chi connectivity index (χ2n) is 5.97. The van der Waals surface area contributed by atoms with Crippen LogP contribution in [-0.2, 0) is 14.3 Å². The van der Waals surface area contributed by atoms with Crippen molar-refractivity contribution in [1.29, 1.82) is 0 Å². The summed E-state index contributed by atoms with van der Waals surface area (Å²) in [5.41, 5.74) is 2.95. The molecule has 2 fully saturated rings. The molecule has 0 saturated carbocycles. The Hall–Kier alpha value is -1.88.